The summed E-state index contributed by atoms with van der Waals surface area (Å²) in [5, 5.41) is 4.18. The van der Waals surface area contributed by atoms with Crippen molar-refractivity contribution in [2.45, 2.75) is 0 Å². The molecule has 0 aliphatic heterocycles. The maximum Gasteiger partial charge on any atom is 0.125 e. The fraction of sp³-hybridized carbons (Fsp3) is 0. The van der Waals surface area contributed by atoms with Gasteiger partial charge in [0.1, 0.15) is 5.01 Å². The molecule has 0 fully saturated rings. The first-order valence-corrected chi connectivity index (χ1v) is 7.19. The summed E-state index contributed by atoms with van der Waals surface area (Å²) < 4.78 is 0. The van der Waals surface area contributed by atoms with Gasteiger partial charge in [0.15, 0.2) is 0 Å². The lowest BCUT2D eigenvalue weighted by Crippen LogP contribution is -1.82. The van der Waals surface area contributed by atoms with Crippen LogP contribution < -0.4 is 0 Å². The molecule has 0 atom stereocenters. The number of hydrogen-bond acceptors (Lipinski definition) is 3. The highest BCUT2D eigenvalue weighted by molar-refractivity contribution is 8.93. The van der Waals surface area contributed by atoms with Gasteiger partial charge < -0.3 is 0 Å². The van der Waals surface area contributed by atoms with Gasteiger partial charge in [0.25, 0.3) is 0 Å². The molecule has 0 bridgehead atoms. The molecule has 2 nitrogen and oxygen atoms in total. The zero-order chi connectivity index (χ0) is 13.2. The van der Waals surface area contributed by atoms with Crippen LogP contribution >= 0.6 is 51.5 Å². The van der Waals surface area contributed by atoms with Gasteiger partial charge in [-0.1, -0.05) is 23.2 Å². The van der Waals surface area contributed by atoms with Crippen LogP contribution in [-0.2, 0) is 0 Å². The Bertz CT molecular complexity index is 716. The summed E-state index contributed by atoms with van der Waals surface area (Å²) >= 11 is 13.7. The molecule has 6 heteroatoms. The van der Waals surface area contributed by atoms with E-state index in [0.717, 1.165) is 21.8 Å². The van der Waals surface area contributed by atoms with E-state index in [0.29, 0.717) is 10.0 Å². The van der Waals surface area contributed by atoms with E-state index in [1.807, 2.05) is 23.6 Å². The summed E-state index contributed by atoms with van der Waals surface area (Å²) in [7, 11) is 0. The Morgan fingerprint density at radius 1 is 1.10 bits per heavy atom. The summed E-state index contributed by atoms with van der Waals surface area (Å²) in [4.78, 5) is 8.68. The Kier molecular flexibility index (Phi) is 5.16. The Labute approximate surface area is 141 Å². The van der Waals surface area contributed by atoms with E-state index in [4.69, 9.17) is 23.2 Å². The van der Waals surface area contributed by atoms with Crippen LogP contribution in [0.2, 0.25) is 10.0 Å². The molecule has 3 rings (SSSR count). The normalized spacial score (nSPS) is 10.1. The molecule has 0 aliphatic rings. The second kappa shape index (κ2) is 6.68. The first kappa shape index (κ1) is 15.4. The number of hydrogen-bond donors (Lipinski definition) is 0. The molecule has 0 saturated heterocycles. The number of aromatic nitrogens is 2. The first-order chi connectivity index (χ1) is 9.24. The zero-order valence-corrected chi connectivity index (χ0v) is 14.1. The van der Waals surface area contributed by atoms with Crippen LogP contribution in [0.1, 0.15) is 0 Å². The Morgan fingerprint density at radius 2 is 1.95 bits per heavy atom. The van der Waals surface area contributed by atoms with Gasteiger partial charge in [0.05, 0.1) is 10.7 Å². The number of rotatable bonds is 2. The minimum Gasteiger partial charge on any atom is -0.264 e. The molecule has 0 spiro atoms. The molecule has 0 saturated carbocycles. The van der Waals surface area contributed by atoms with Gasteiger partial charge in [-0.2, -0.15) is 0 Å². The number of benzene rings is 1. The fourth-order valence-electron chi connectivity index (χ4n) is 1.71. The van der Waals surface area contributed by atoms with Crippen LogP contribution in [0.15, 0.2) is 48.1 Å². The number of nitrogens with zero attached hydrogens (tertiary/aromatic N) is 2. The molecule has 0 unspecified atom stereocenters. The second-order valence-electron chi connectivity index (χ2n) is 3.90. The van der Waals surface area contributed by atoms with Crippen LogP contribution in [0.4, 0.5) is 0 Å². The Hall–Kier alpha value is -0.940. The average molecular weight is 388 g/mol. The van der Waals surface area contributed by atoms with Crippen molar-refractivity contribution >= 4 is 51.5 Å². The van der Waals surface area contributed by atoms with Crippen LogP contribution in [-0.4, -0.2) is 9.97 Å². The molecule has 0 aliphatic carbocycles. The molecule has 2 heterocycles. The first-order valence-electron chi connectivity index (χ1n) is 5.55. The number of pyridine rings is 1. The molecular formula is C14H9BrCl2N2S. The van der Waals surface area contributed by atoms with Gasteiger partial charge in [0, 0.05) is 33.9 Å². The largest absolute Gasteiger partial charge is 0.264 e. The lowest BCUT2D eigenvalue weighted by molar-refractivity contribution is 1.31. The van der Waals surface area contributed by atoms with Crippen LogP contribution in [0.5, 0.6) is 0 Å². The summed E-state index contributed by atoms with van der Waals surface area (Å²) in [6.07, 6.45) is 3.54. The Morgan fingerprint density at radius 3 is 2.70 bits per heavy atom. The lowest BCUT2D eigenvalue weighted by atomic mass is 10.2. The minimum atomic E-state index is 0. The van der Waals surface area contributed by atoms with Crippen LogP contribution in [0, 0.1) is 0 Å². The SMILES string of the molecule is Br.Clc1ccc(Cl)c(-c2csc(-c3cccnc3)n2)c1. The summed E-state index contributed by atoms with van der Waals surface area (Å²) in [6.45, 7) is 0. The highest BCUT2D eigenvalue weighted by Gasteiger charge is 2.10. The highest BCUT2D eigenvalue weighted by atomic mass is 79.9. The number of thiazole rings is 1. The Balaban J connectivity index is 0.00000147. The zero-order valence-electron chi connectivity index (χ0n) is 10.1. The quantitative estimate of drug-likeness (QED) is 0.558. The van der Waals surface area contributed by atoms with Gasteiger partial charge >= 0.3 is 0 Å². The molecular weight excluding hydrogens is 379 g/mol. The monoisotopic (exact) mass is 386 g/mol. The van der Waals surface area contributed by atoms with Crippen LogP contribution in [0.25, 0.3) is 21.8 Å². The molecule has 2 aromatic heterocycles. The highest BCUT2D eigenvalue weighted by Crippen LogP contribution is 2.33. The predicted octanol–water partition coefficient (Wildman–Crippen LogP) is 5.76. The molecule has 0 amide bonds. The van der Waals surface area contributed by atoms with Crippen molar-refractivity contribution in [1.82, 2.24) is 9.97 Å². The lowest BCUT2D eigenvalue weighted by Gasteiger charge is -2.01. The minimum absolute atomic E-state index is 0. The topological polar surface area (TPSA) is 25.8 Å². The van der Waals surface area contributed by atoms with Crippen molar-refractivity contribution < 1.29 is 0 Å². The van der Waals surface area contributed by atoms with Gasteiger partial charge in [0.2, 0.25) is 0 Å². The van der Waals surface area contributed by atoms with E-state index in [-0.39, 0.29) is 17.0 Å². The van der Waals surface area contributed by atoms with E-state index >= 15 is 0 Å². The van der Waals surface area contributed by atoms with Crippen LogP contribution in [0.3, 0.4) is 0 Å². The van der Waals surface area contributed by atoms with E-state index < -0.39 is 0 Å². The standard InChI is InChI=1S/C14H8Cl2N2S.BrH/c15-10-3-4-12(16)11(6-10)13-8-19-14(18-13)9-2-1-5-17-7-9;/h1-8H;1H. The van der Waals surface area contributed by atoms with E-state index in [1.165, 1.54) is 0 Å². The summed E-state index contributed by atoms with van der Waals surface area (Å²) in [5.41, 5.74) is 2.67. The molecule has 102 valence electrons. The summed E-state index contributed by atoms with van der Waals surface area (Å²) in [6, 6.07) is 9.24. The van der Waals surface area contributed by atoms with E-state index in [2.05, 4.69) is 9.97 Å². The van der Waals surface area contributed by atoms with Crippen molar-refractivity contribution in [3.8, 4) is 21.8 Å². The third-order valence-electron chi connectivity index (χ3n) is 2.62. The van der Waals surface area contributed by atoms with E-state index in [1.54, 1.807) is 35.9 Å². The molecule has 20 heavy (non-hydrogen) atoms. The summed E-state index contributed by atoms with van der Waals surface area (Å²) in [5.74, 6) is 0. The third-order valence-corrected chi connectivity index (χ3v) is 4.07. The average Bonchev–Trinajstić information content (AvgIpc) is 2.92. The fourth-order valence-corrected chi connectivity index (χ4v) is 2.91. The maximum absolute atomic E-state index is 6.18. The molecule has 0 radical (unpaired) electrons. The smallest absolute Gasteiger partial charge is 0.125 e. The van der Waals surface area contributed by atoms with Gasteiger partial charge in [-0.05, 0) is 30.3 Å². The van der Waals surface area contributed by atoms with Crippen molar-refractivity contribution in [2.75, 3.05) is 0 Å². The maximum atomic E-state index is 6.18. The molecule has 1 aromatic carbocycles. The second-order valence-corrected chi connectivity index (χ2v) is 5.61. The molecule has 3 aromatic rings. The third kappa shape index (κ3) is 3.20. The van der Waals surface area contributed by atoms with Gasteiger partial charge in [-0.15, -0.1) is 28.3 Å². The number of halogens is 3. The van der Waals surface area contributed by atoms with Crippen molar-refractivity contribution in [2.24, 2.45) is 0 Å². The van der Waals surface area contributed by atoms with Crippen molar-refractivity contribution in [1.29, 1.82) is 0 Å². The van der Waals surface area contributed by atoms with E-state index in [9.17, 15) is 0 Å². The predicted molar refractivity (Wildman–Crippen MR) is 91.1 cm³/mol. The van der Waals surface area contributed by atoms with Gasteiger partial charge in [-0.3, -0.25) is 4.98 Å². The molecule has 0 N–H and O–H groups in total. The van der Waals surface area contributed by atoms with Crippen molar-refractivity contribution in [3.05, 3.63) is 58.2 Å². The van der Waals surface area contributed by atoms with Crippen molar-refractivity contribution in [3.63, 3.8) is 0 Å². The van der Waals surface area contributed by atoms with Gasteiger partial charge in [-0.25, -0.2) is 4.98 Å².